The normalized spacial score (nSPS) is 10.8. The lowest BCUT2D eigenvalue weighted by Crippen LogP contribution is -2.15. The van der Waals surface area contributed by atoms with Crippen molar-refractivity contribution in [3.05, 3.63) is 74.2 Å². The molecule has 30 heavy (non-hydrogen) atoms. The Hall–Kier alpha value is -2.86. The predicted octanol–water partition coefficient (Wildman–Crippen LogP) is 5.07. The molecular weight excluding hydrogens is 398 g/mol. The van der Waals surface area contributed by atoms with Crippen molar-refractivity contribution in [2.45, 2.75) is 40.7 Å². The van der Waals surface area contributed by atoms with Gasteiger partial charge in [0, 0.05) is 33.3 Å². The van der Waals surface area contributed by atoms with Crippen molar-refractivity contribution >= 4 is 23.1 Å². The fourth-order valence-electron chi connectivity index (χ4n) is 3.58. The summed E-state index contributed by atoms with van der Waals surface area (Å²) in [6.45, 7) is 8.26. The van der Waals surface area contributed by atoms with Gasteiger partial charge in [0.1, 0.15) is 5.75 Å². The summed E-state index contributed by atoms with van der Waals surface area (Å²) in [6.07, 6.45) is 0.847. The van der Waals surface area contributed by atoms with Crippen LogP contribution in [0, 0.1) is 27.7 Å². The lowest BCUT2D eigenvalue weighted by molar-refractivity contribution is 0.0474. The number of esters is 1. The summed E-state index contributed by atoms with van der Waals surface area (Å²) in [5, 5.41) is 0. The Labute approximate surface area is 181 Å². The van der Waals surface area contributed by atoms with E-state index in [0.29, 0.717) is 11.1 Å². The highest BCUT2D eigenvalue weighted by molar-refractivity contribution is 7.12. The molecular formula is C24H27NO4S. The zero-order valence-electron chi connectivity index (χ0n) is 18.1. The molecule has 0 aliphatic carbocycles. The molecule has 0 atom stereocenters. The number of carbonyl (C=O) groups is 2. The molecule has 0 spiro atoms. The first-order valence-corrected chi connectivity index (χ1v) is 10.7. The van der Waals surface area contributed by atoms with Gasteiger partial charge in [-0.25, -0.2) is 4.79 Å². The molecule has 3 aromatic rings. The van der Waals surface area contributed by atoms with Gasteiger partial charge >= 0.3 is 5.97 Å². The molecule has 2 aromatic heterocycles. The third kappa shape index (κ3) is 4.82. The molecule has 0 fully saturated rings. The summed E-state index contributed by atoms with van der Waals surface area (Å²) >= 11 is 1.55. The van der Waals surface area contributed by atoms with Crippen LogP contribution in [0.5, 0.6) is 5.75 Å². The number of hydrogen-bond donors (Lipinski definition) is 0. The van der Waals surface area contributed by atoms with E-state index in [9.17, 15) is 9.59 Å². The predicted molar refractivity (Wildman–Crippen MR) is 119 cm³/mol. The second-order valence-electron chi connectivity index (χ2n) is 7.36. The lowest BCUT2D eigenvalue weighted by Gasteiger charge is -2.10. The SMILES string of the molecule is COc1ccc(CCn2c(C)cc(C(=O)COC(=O)c3cc(C)sc3C)c2C)cc1. The van der Waals surface area contributed by atoms with Crippen molar-refractivity contribution < 1.29 is 19.1 Å². The van der Waals surface area contributed by atoms with Crippen molar-refractivity contribution in [3.63, 3.8) is 0 Å². The van der Waals surface area contributed by atoms with Gasteiger partial charge in [0.25, 0.3) is 0 Å². The first-order valence-electron chi connectivity index (χ1n) is 9.87. The molecule has 0 aliphatic heterocycles. The summed E-state index contributed by atoms with van der Waals surface area (Å²) in [4.78, 5) is 26.9. The number of ketones is 1. The van der Waals surface area contributed by atoms with Gasteiger partial charge in [-0.2, -0.15) is 0 Å². The van der Waals surface area contributed by atoms with E-state index in [-0.39, 0.29) is 12.4 Å². The Bertz CT molecular complexity index is 1060. The fourth-order valence-corrected chi connectivity index (χ4v) is 4.49. The summed E-state index contributed by atoms with van der Waals surface area (Å²) < 4.78 is 12.6. The minimum Gasteiger partial charge on any atom is -0.497 e. The lowest BCUT2D eigenvalue weighted by atomic mass is 10.1. The van der Waals surface area contributed by atoms with Crippen LogP contribution in [0.2, 0.25) is 0 Å². The fraction of sp³-hybridized carbons (Fsp3) is 0.333. The number of hydrogen-bond acceptors (Lipinski definition) is 5. The van der Waals surface area contributed by atoms with E-state index in [2.05, 4.69) is 4.57 Å². The second-order valence-corrected chi connectivity index (χ2v) is 8.82. The molecule has 0 saturated heterocycles. The average Bonchev–Trinajstić information content (AvgIpc) is 3.22. The van der Waals surface area contributed by atoms with Gasteiger partial charge in [-0.15, -0.1) is 11.3 Å². The van der Waals surface area contributed by atoms with Gasteiger partial charge in [-0.3, -0.25) is 4.79 Å². The van der Waals surface area contributed by atoms with Gasteiger partial charge in [-0.05, 0) is 63.9 Å². The highest BCUT2D eigenvalue weighted by Crippen LogP contribution is 2.22. The van der Waals surface area contributed by atoms with Crippen LogP contribution in [0.3, 0.4) is 0 Å². The zero-order chi connectivity index (χ0) is 21.8. The maximum absolute atomic E-state index is 12.7. The highest BCUT2D eigenvalue weighted by Gasteiger charge is 2.19. The first kappa shape index (κ1) is 21.8. The van der Waals surface area contributed by atoms with E-state index in [0.717, 1.165) is 39.9 Å². The van der Waals surface area contributed by atoms with E-state index in [1.807, 2.05) is 58.0 Å². The van der Waals surface area contributed by atoms with Crippen LogP contribution >= 0.6 is 11.3 Å². The van der Waals surface area contributed by atoms with Crippen LogP contribution in [-0.4, -0.2) is 30.0 Å². The Morgan fingerprint density at radius 3 is 2.30 bits per heavy atom. The molecule has 0 aliphatic rings. The molecule has 158 valence electrons. The Kier molecular flexibility index (Phi) is 6.77. The summed E-state index contributed by atoms with van der Waals surface area (Å²) in [6, 6.07) is 11.7. The number of methoxy groups -OCH3 is 1. The van der Waals surface area contributed by atoms with E-state index >= 15 is 0 Å². The molecule has 0 bridgehead atoms. The maximum Gasteiger partial charge on any atom is 0.339 e. The third-order valence-electron chi connectivity index (χ3n) is 5.25. The molecule has 0 amide bonds. The number of thiophene rings is 1. The molecule has 1 aromatic carbocycles. The van der Waals surface area contributed by atoms with E-state index in [4.69, 9.17) is 9.47 Å². The summed E-state index contributed by atoms with van der Waals surface area (Å²) in [5.41, 5.74) is 4.25. The molecule has 0 N–H and O–H groups in total. The van der Waals surface area contributed by atoms with Crippen molar-refractivity contribution in [2.24, 2.45) is 0 Å². The van der Waals surface area contributed by atoms with Gasteiger partial charge in [-0.1, -0.05) is 12.1 Å². The van der Waals surface area contributed by atoms with Crippen LogP contribution in [0.1, 0.15) is 47.4 Å². The van der Waals surface area contributed by atoms with Crippen molar-refractivity contribution in [1.29, 1.82) is 0 Å². The van der Waals surface area contributed by atoms with Crippen molar-refractivity contribution in [2.75, 3.05) is 13.7 Å². The number of rotatable bonds is 8. The largest absolute Gasteiger partial charge is 0.497 e. The van der Waals surface area contributed by atoms with Crippen molar-refractivity contribution in [3.8, 4) is 5.75 Å². The Morgan fingerprint density at radius 2 is 1.70 bits per heavy atom. The van der Waals surface area contributed by atoms with E-state index < -0.39 is 5.97 Å². The van der Waals surface area contributed by atoms with Crippen LogP contribution in [0.4, 0.5) is 0 Å². The molecule has 0 radical (unpaired) electrons. The molecule has 5 nitrogen and oxygen atoms in total. The Balaban J connectivity index is 1.64. The van der Waals surface area contributed by atoms with E-state index in [1.165, 1.54) is 5.56 Å². The molecule has 0 unspecified atom stereocenters. The van der Waals surface area contributed by atoms with Gasteiger partial charge in [0.05, 0.1) is 12.7 Å². The quantitative estimate of drug-likeness (QED) is 0.373. The average molecular weight is 426 g/mol. The number of Topliss-reactive ketones (excluding diaryl/α,β-unsaturated/α-hetero) is 1. The Morgan fingerprint density at radius 1 is 1.00 bits per heavy atom. The van der Waals surface area contributed by atoms with Crippen molar-refractivity contribution in [1.82, 2.24) is 4.57 Å². The number of benzene rings is 1. The van der Waals surface area contributed by atoms with Crippen LogP contribution < -0.4 is 4.74 Å². The third-order valence-corrected chi connectivity index (χ3v) is 6.22. The van der Waals surface area contributed by atoms with Gasteiger partial charge in [0.15, 0.2) is 6.61 Å². The monoisotopic (exact) mass is 425 g/mol. The molecule has 0 saturated carbocycles. The van der Waals surface area contributed by atoms with Gasteiger partial charge < -0.3 is 14.0 Å². The number of aryl methyl sites for hydroxylation is 4. The van der Waals surface area contributed by atoms with E-state index in [1.54, 1.807) is 24.5 Å². The smallest absolute Gasteiger partial charge is 0.339 e. The number of nitrogens with zero attached hydrogens (tertiary/aromatic N) is 1. The molecule has 3 rings (SSSR count). The zero-order valence-corrected chi connectivity index (χ0v) is 18.9. The highest BCUT2D eigenvalue weighted by atomic mass is 32.1. The summed E-state index contributed by atoms with van der Waals surface area (Å²) in [5.74, 6) is 0.206. The topological polar surface area (TPSA) is 57.5 Å². The van der Waals surface area contributed by atoms with Crippen LogP contribution in [0.15, 0.2) is 36.4 Å². The number of aromatic nitrogens is 1. The summed E-state index contributed by atoms with van der Waals surface area (Å²) in [7, 11) is 1.65. The minimum atomic E-state index is -0.446. The standard InChI is InChI=1S/C24H27NO4S/c1-15-12-21(23(26)14-29-24(27)22-13-16(2)30-18(22)4)17(3)25(15)11-10-19-6-8-20(28-5)9-7-19/h6-9,12-13H,10-11,14H2,1-5H3. The molecule has 2 heterocycles. The molecule has 6 heteroatoms. The van der Waals surface area contributed by atoms with Crippen LogP contribution in [0.25, 0.3) is 0 Å². The number of ether oxygens (including phenoxy) is 2. The second kappa shape index (κ2) is 9.30. The minimum absolute atomic E-state index is 0.184. The first-order chi connectivity index (χ1) is 14.3. The van der Waals surface area contributed by atoms with Gasteiger partial charge in [0.2, 0.25) is 5.78 Å². The van der Waals surface area contributed by atoms with Crippen LogP contribution in [-0.2, 0) is 17.7 Å². The maximum atomic E-state index is 12.7. The number of carbonyl (C=O) groups excluding carboxylic acids is 2.